The number of hydrogen-bond acceptors (Lipinski definition) is 4. The number of para-hydroxylation sites is 2. The maximum Gasteiger partial charge on any atom is 0.162 e. The summed E-state index contributed by atoms with van der Waals surface area (Å²) in [5.74, 6) is 1.10. The third-order valence-corrected chi connectivity index (χ3v) is 7.47. The third-order valence-electron chi connectivity index (χ3n) is 7.47. The lowest BCUT2D eigenvalue weighted by molar-refractivity contribution is 0.669. The van der Waals surface area contributed by atoms with Crippen LogP contribution in [0.25, 0.3) is 72.2 Å². The van der Waals surface area contributed by atoms with E-state index in [2.05, 4.69) is 34.9 Å². The fourth-order valence-electron chi connectivity index (χ4n) is 5.72. The van der Waals surface area contributed by atoms with E-state index >= 15 is 0 Å². The van der Waals surface area contributed by atoms with Gasteiger partial charge in [-0.2, -0.15) is 5.26 Å². The number of benzene rings is 5. The summed E-state index contributed by atoms with van der Waals surface area (Å²) in [5, 5.41) is 14.8. The van der Waals surface area contributed by atoms with Crippen LogP contribution < -0.4 is 0 Å². The van der Waals surface area contributed by atoms with Crippen molar-refractivity contribution in [2.45, 2.75) is 0 Å². The summed E-state index contributed by atoms with van der Waals surface area (Å²) in [6.45, 7) is 0. The van der Waals surface area contributed by atoms with E-state index in [0.29, 0.717) is 22.9 Å². The lowest BCUT2D eigenvalue weighted by Crippen LogP contribution is -2.07. The normalized spacial score (nSPS) is 11.5. The van der Waals surface area contributed by atoms with Gasteiger partial charge in [-0.1, -0.05) is 97.1 Å². The molecule has 186 valence electrons. The molecule has 3 heterocycles. The molecule has 5 heteroatoms. The Hall–Kier alpha value is -5.73. The predicted octanol–water partition coefficient (Wildman–Crippen LogP) is 8.68. The van der Waals surface area contributed by atoms with Crippen molar-refractivity contribution < 1.29 is 4.42 Å². The van der Waals surface area contributed by atoms with Crippen LogP contribution in [0.2, 0.25) is 0 Å². The van der Waals surface area contributed by atoms with Gasteiger partial charge in [0, 0.05) is 27.3 Å². The predicted molar refractivity (Wildman–Crippen MR) is 159 cm³/mol. The lowest BCUT2D eigenvalue weighted by atomic mass is 10.1. The van der Waals surface area contributed by atoms with Crippen LogP contribution in [0.15, 0.2) is 126 Å². The molecule has 0 saturated heterocycles. The van der Waals surface area contributed by atoms with E-state index < -0.39 is 0 Å². The van der Waals surface area contributed by atoms with Gasteiger partial charge in [0.05, 0.1) is 22.1 Å². The van der Waals surface area contributed by atoms with Gasteiger partial charge in [0.25, 0.3) is 0 Å². The molecule has 0 saturated carbocycles. The molecule has 40 heavy (non-hydrogen) atoms. The Bertz CT molecular complexity index is 2270. The highest BCUT2D eigenvalue weighted by molar-refractivity contribution is 6.24. The van der Waals surface area contributed by atoms with Crippen LogP contribution in [0.3, 0.4) is 0 Å². The number of hydrogen-bond donors (Lipinski definition) is 0. The van der Waals surface area contributed by atoms with Gasteiger partial charge in [-0.05, 0) is 24.3 Å². The molecule has 0 atom stereocenters. The molecule has 0 aliphatic heterocycles. The van der Waals surface area contributed by atoms with Crippen molar-refractivity contribution in [2.24, 2.45) is 0 Å². The number of fused-ring (bicyclic) bond motifs is 7. The van der Waals surface area contributed by atoms with E-state index in [0.717, 1.165) is 54.9 Å². The summed E-state index contributed by atoms with van der Waals surface area (Å²) in [6, 6.07) is 42.7. The number of furan rings is 1. The van der Waals surface area contributed by atoms with E-state index in [-0.39, 0.29) is 0 Å². The fourth-order valence-corrected chi connectivity index (χ4v) is 5.72. The fraction of sp³-hybridized carbons (Fsp3) is 0. The van der Waals surface area contributed by atoms with Crippen molar-refractivity contribution in [1.82, 2.24) is 14.5 Å². The lowest BCUT2D eigenvalue weighted by Gasteiger charge is -2.15. The zero-order valence-electron chi connectivity index (χ0n) is 21.2. The number of aromatic nitrogens is 3. The Morgan fingerprint density at radius 2 is 1.27 bits per heavy atom. The Morgan fingerprint density at radius 3 is 2.05 bits per heavy atom. The molecule has 8 aromatic rings. The molecule has 3 aromatic heterocycles. The Balaban J connectivity index is 1.60. The van der Waals surface area contributed by atoms with Crippen LogP contribution in [0.1, 0.15) is 5.56 Å². The second-order valence-corrected chi connectivity index (χ2v) is 9.72. The van der Waals surface area contributed by atoms with Crippen LogP contribution >= 0.6 is 0 Å². The Kier molecular flexibility index (Phi) is 4.82. The standard InChI is InChI=1S/C35H20N4O/c36-21-27-32(22-11-3-1-4-12-22)37-34(23-13-5-2-6-14-23)38-35(27)39-28-17-9-7-15-24(28)25-19-20-30-31(33(25)39)26-16-8-10-18-29(26)40-30/h1-20H. The highest BCUT2D eigenvalue weighted by Crippen LogP contribution is 2.41. The molecule has 0 aliphatic carbocycles. The van der Waals surface area contributed by atoms with Crippen molar-refractivity contribution in [3.63, 3.8) is 0 Å². The monoisotopic (exact) mass is 512 g/mol. The van der Waals surface area contributed by atoms with Crippen molar-refractivity contribution in [3.05, 3.63) is 127 Å². The third kappa shape index (κ3) is 3.20. The molecule has 5 nitrogen and oxygen atoms in total. The summed E-state index contributed by atoms with van der Waals surface area (Å²) >= 11 is 0. The minimum absolute atomic E-state index is 0.415. The van der Waals surface area contributed by atoms with Crippen LogP contribution in [0, 0.1) is 11.3 Å². The summed E-state index contributed by atoms with van der Waals surface area (Å²) < 4.78 is 8.40. The Labute approximate surface area is 229 Å². The maximum absolute atomic E-state index is 10.6. The molecule has 0 radical (unpaired) electrons. The minimum Gasteiger partial charge on any atom is -0.456 e. The molecule has 0 spiro atoms. The largest absolute Gasteiger partial charge is 0.456 e. The summed E-state index contributed by atoms with van der Waals surface area (Å²) in [6.07, 6.45) is 0. The van der Waals surface area contributed by atoms with E-state index in [1.807, 2.05) is 97.1 Å². The number of nitrogens with zero attached hydrogens (tertiary/aromatic N) is 4. The van der Waals surface area contributed by atoms with Crippen molar-refractivity contribution in [3.8, 4) is 34.5 Å². The first-order valence-electron chi connectivity index (χ1n) is 13.1. The molecule has 5 aromatic carbocycles. The van der Waals surface area contributed by atoms with Gasteiger partial charge in [-0.15, -0.1) is 0 Å². The first-order chi connectivity index (χ1) is 19.8. The second kappa shape index (κ2) is 8.65. The summed E-state index contributed by atoms with van der Waals surface area (Å²) in [5.41, 5.74) is 6.28. The quantitative estimate of drug-likeness (QED) is 0.237. The average Bonchev–Trinajstić information content (AvgIpc) is 3.57. The SMILES string of the molecule is N#Cc1c(-c2ccccc2)nc(-c2ccccc2)nc1-n1c2ccccc2c2ccc3oc4ccccc4c3c21. The summed E-state index contributed by atoms with van der Waals surface area (Å²) in [7, 11) is 0. The number of nitriles is 1. The second-order valence-electron chi connectivity index (χ2n) is 9.72. The van der Waals surface area contributed by atoms with Crippen LogP contribution in [0.4, 0.5) is 0 Å². The van der Waals surface area contributed by atoms with Gasteiger partial charge in [0.1, 0.15) is 22.8 Å². The van der Waals surface area contributed by atoms with E-state index in [1.165, 1.54) is 0 Å². The van der Waals surface area contributed by atoms with Gasteiger partial charge >= 0.3 is 0 Å². The van der Waals surface area contributed by atoms with Gasteiger partial charge < -0.3 is 4.42 Å². The van der Waals surface area contributed by atoms with Crippen molar-refractivity contribution >= 4 is 43.7 Å². The van der Waals surface area contributed by atoms with Crippen molar-refractivity contribution in [2.75, 3.05) is 0 Å². The van der Waals surface area contributed by atoms with Crippen LogP contribution in [-0.2, 0) is 0 Å². The molecule has 0 unspecified atom stereocenters. The highest BCUT2D eigenvalue weighted by Gasteiger charge is 2.24. The van der Waals surface area contributed by atoms with Crippen LogP contribution in [0.5, 0.6) is 0 Å². The average molecular weight is 513 g/mol. The highest BCUT2D eigenvalue weighted by atomic mass is 16.3. The Morgan fingerprint density at radius 1 is 0.600 bits per heavy atom. The van der Waals surface area contributed by atoms with Crippen LogP contribution in [-0.4, -0.2) is 14.5 Å². The summed E-state index contributed by atoms with van der Waals surface area (Å²) in [4.78, 5) is 10.1. The van der Waals surface area contributed by atoms with Gasteiger partial charge in [0.15, 0.2) is 11.6 Å². The van der Waals surface area contributed by atoms with E-state index in [9.17, 15) is 5.26 Å². The maximum atomic E-state index is 10.6. The molecule has 8 rings (SSSR count). The zero-order chi connectivity index (χ0) is 26.6. The molecule has 0 aliphatic rings. The number of rotatable bonds is 3. The first kappa shape index (κ1) is 22.3. The molecule has 0 fully saturated rings. The minimum atomic E-state index is 0.415. The van der Waals surface area contributed by atoms with E-state index in [4.69, 9.17) is 14.4 Å². The van der Waals surface area contributed by atoms with Gasteiger partial charge in [0.2, 0.25) is 0 Å². The molecular weight excluding hydrogens is 492 g/mol. The topological polar surface area (TPSA) is 67.6 Å². The zero-order valence-corrected chi connectivity index (χ0v) is 21.2. The van der Waals surface area contributed by atoms with Gasteiger partial charge in [-0.25, -0.2) is 9.97 Å². The van der Waals surface area contributed by atoms with Gasteiger partial charge in [-0.3, -0.25) is 4.57 Å². The molecular formula is C35H20N4O. The van der Waals surface area contributed by atoms with E-state index in [1.54, 1.807) is 0 Å². The molecule has 0 bridgehead atoms. The smallest absolute Gasteiger partial charge is 0.162 e. The molecule has 0 N–H and O–H groups in total. The van der Waals surface area contributed by atoms with Crippen molar-refractivity contribution in [1.29, 1.82) is 5.26 Å². The molecule has 0 amide bonds. The first-order valence-corrected chi connectivity index (χ1v) is 13.1.